The SMILES string of the molecule is CC(=O)c1c(C)[nH]c(C(=O)C(C)N2CCC(C(=O)NCc3ccco3)CC2)c1C. The number of nitrogens with zero attached hydrogens (tertiary/aromatic N) is 1. The fourth-order valence-electron chi connectivity index (χ4n) is 4.18. The number of carbonyl (C=O) groups is 3. The highest BCUT2D eigenvalue weighted by atomic mass is 16.3. The number of furan rings is 1. The van der Waals surface area contributed by atoms with Gasteiger partial charge in [0.2, 0.25) is 5.91 Å². The average Bonchev–Trinajstić information content (AvgIpc) is 3.32. The summed E-state index contributed by atoms with van der Waals surface area (Å²) in [6, 6.07) is 3.32. The molecule has 1 saturated heterocycles. The zero-order chi connectivity index (χ0) is 21.1. The van der Waals surface area contributed by atoms with Crippen LogP contribution in [-0.4, -0.2) is 46.5 Å². The maximum absolute atomic E-state index is 13.0. The Labute approximate surface area is 170 Å². The van der Waals surface area contributed by atoms with Crippen molar-refractivity contribution in [1.29, 1.82) is 0 Å². The lowest BCUT2D eigenvalue weighted by atomic mass is 9.93. The van der Waals surface area contributed by atoms with Crippen LogP contribution in [0, 0.1) is 19.8 Å². The van der Waals surface area contributed by atoms with Gasteiger partial charge in [0, 0.05) is 17.2 Å². The number of H-pyrrole nitrogens is 1. The molecule has 0 spiro atoms. The molecule has 7 heteroatoms. The molecule has 2 aromatic heterocycles. The van der Waals surface area contributed by atoms with Crippen LogP contribution < -0.4 is 5.32 Å². The third-order valence-corrected chi connectivity index (χ3v) is 5.88. The van der Waals surface area contributed by atoms with E-state index in [9.17, 15) is 14.4 Å². The van der Waals surface area contributed by atoms with Gasteiger partial charge in [0.15, 0.2) is 11.6 Å². The number of hydrogen-bond acceptors (Lipinski definition) is 5. The Hall–Kier alpha value is -2.67. The van der Waals surface area contributed by atoms with Gasteiger partial charge in [-0.2, -0.15) is 0 Å². The molecule has 3 heterocycles. The minimum Gasteiger partial charge on any atom is -0.467 e. The maximum atomic E-state index is 13.0. The minimum absolute atomic E-state index is 0.0150. The Kier molecular flexibility index (Phi) is 6.37. The molecule has 0 bridgehead atoms. The quantitative estimate of drug-likeness (QED) is 0.698. The summed E-state index contributed by atoms with van der Waals surface area (Å²) in [6.07, 6.45) is 3.01. The summed E-state index contributed by atoms with van der Waals surface area (Å²) in [4.78, 5) is 42.5. The summed E-state index contributed by atoms with van der Waals surface area (Å²) in [5.74, 6) is 0.656. The molecule has 2 N–H and O–H groups in total. The van der Waals surface area contributed by atoms with Crippen molar-refractivity contribution >= 4 is 17.5 Å². The largest absolute Gasteiger partial charge is 0.467 e. The minimum atomic E-state index is -0.307. The predicted molar refractivity (Wildman–Crippen MR) is 109 cm³/mol. The maximum Gasteiger partial charge on any atom is 0.223 e. The van der Waals surface area contributed by atoms with E-state index in [1.165, 1.54) is 6.92 Å². The zero-order valence-electron chi connectivity index (χ0n) is 17.5. The number of ketones is 2. The summed E-state index contributed by atoms with van der Waals surface area (Å²) < 4.78 is 5.24. The van der Waals surface area contributed by atoms with Crippen molar-refractivity contribution in [2.45, 2.75) is 53.1 Å². The van der Waals surface area contributed by atoms with Crippen molar-refractivity contribution < 1.29 is 18.8 Å². The molecule has 29 heavy (non-hydrogen) atoms. The van der Waals surface area contributed by atoms with Gasteiger partial charge in [-0.15, -0.1) is 0 Å². The Morgan fingerprint density at radius 1 is 1.28 bits per heavy atom. The Balaban J connectivity index is 1.56. The Morgan fingerprint density at radius 2 is 1.97 bits per heavy atom. The van der Waals surface area contributed by atoms with E-state index in [2.05, 4.69) is 15.2 Å². The third kappa shape index (κ3) is 4.50. The van der Waals surface area contributed by atoms with E-state index in [1.54, 1.807) is 12.3 Å². The van der Waals surface area contributed by atoms with Crippen molar-refractivity contribution in [3.05, 3.63) is 46.7 Å². The van der Waals surface area contributed by atoms with Gasteiger partial charge in [0.05, 0.1) is 24.5 Å². The van der Waals surface area contributed by atoms with Crippen molar-refractivity contribution in [3.8, 4) is 0 Å². The molecule has 0 aromatic carbocycles. The number of Topliss-reactive ketones (excluding diaryl/α,β-unsaturated/α-hetero) is 2. The monoisotopic (exact) mass is 399 g/mol. The first-order valence-electron chi connectivity index (χ1n) is 10.1. The highest BCUT2D eigenvalue weighted by Crippen LogP contribution is 2.24. The van der Waals surface area contributed by atoms with Gasteiger partial charge in [0.25, 0.3) is 0 Å². The molecule has 3 rings (SSSR count). The van der Waals surface area contributed by atoms with Gasteiger partial charge in [0.1, 0.15) is 5.76 Å². The molecule has 1 unspecified atom stereocenters. The molecule has 1 aliphatic rings. The van der Waals surface area contributed by atoms with Crippen molar-refractivity contribution in [3.63, 3.8) is 0 Å². The zero-order valence-corrected chi connectivity index (χ0v) is 17.5. The molecule has 1 aliphatic heterocycles. The van der Waals surface area contributed by atoms with Crippen LogP contribution >= 0.6 is 0 Å². The third-order valence-electron chi connectivity index (χ3n) is 5.88. The number of hydrogen-bond donors (Lipinski definition) is 2. The topological polar surface area (TPSA) is 95.4 Å². The molecule has 1 amide bonds. The molecule has 1 fully saturated rings. The van der Waals surface area contributed by atoms with Gasteiger partial charge in [-0.3, -0.25) is 19.3 Å². The molecule has 7 nitrogen and oxygen atoms in total. The molecule has 0 radical (unpaired) electrons. The first-order valence-corrected chi connectivity index (χ1v) is 10.1. The number of aromatic nitrogens is 1. The second-order valence-electron chi connectivity index (χ2n) is 7.83. The van der Waals surface area contributed by atoms with Crippen LogP contribution in [0.1, 0.15) is 64.6 Å². The van der Waals surface area contributed by atoms with Gasteiger partial charge < -0.3 is 14.7 Å². The van der Waals surface area contributed by atoms with Crippen LogP contribution in [0.3, 0.4) is 0 Å². The van der Waals surface area contributed by atoms with E-state index >= 15 is 0 Å². The highest BCUT2D eigenvalue weighted by Gasteiger charge is 2.32. The van der Waals surface area contributed by atoms with Crippen molar-refractivity contribution in [2.24, 2.45) is 5.92 Å². The second kappa shape index (κ2) is 8.78. The van der Waals surface area contributed by atoms with E-state index in [4.69, 9.17) is 4.42 Å². The summed E-state index contributed by atoms with van der Waals surface area (Å²) in [5.41, 5.74) is 2.57. The van der Waals surface area contributed by atoms with Gasteiger partial charge >= 0.3 is 0 Å². The normalized spacial score (nSPS) is 16.6. The lowest BCUT2D eigenvalue weighted by molar-refractivity contribution is -0.126. The van der Waals surface area contributed by atoms with Crippen molar-refractivity contribution in [2.75, 3.05) is 13.1 Å². The molecular formula is C22H29N3O4. The number of amides is 1. The van der Waals surface area contributed by atoms with Crippen LogP contribution in [0.2, 0.25) is 0 Å². The number of carbonyl (C=O) groups excluding carboxylic acids is 3. The van der Waals surface area contributed by atoms with E-state index in [0.717, 1.165) is 17.0 Å². The fourth-order valence-corrected chi connectivity index (χ4v) is 4.18. The van der Waals surface area contributed by atoms with Crippen LogP contribution in [0.5, 0.6) is 0 Å². The summed E-state index contributed by atoms with van der Waals surface area (Å²) in [7, 11) is 0. The van der Waals surface area contributed by atoms with E-state index < -0.39 is 0 Å². The van der Waals surface area contributed by atoms with E-state index in [-0.39, 0.29) is 29.4 Å². The number of piperidine rings is 1. The molecule has 0 aliphatic carbocycles. The number of nitrogens with one attached hydrogen (secondary N) is 2. The number of aromatic amines is 1. The summed E-state index contributed by atoms with van der Waals surface area (Å²) in [5, 5.41) is 2.92. The van der Waals surface area contributed by atoms with Crippen LogP contribution in [0.4, 0.5) is 0 Å². The molecule has 156 valence electrons. The summed E-state index contributed by atoms with van der Waals surface area (Å²) in [6.45, 7) is 8.80. The van der Waals surface area contributed by atoms with Crippen molar-refractivity contribution in [1.82, 2.24) is 15.2 Å². The van der Waals surface area contributed by atoms with E-state index in [1.807, 2.05) is 26.8 Å². The first kappa shape index (κ1) is 21.0. The van der Waals surface area contributed by atoms with Crippen LogP contribution in [0.25, 0.3) is 0 Å². The summed E-state index contributed by atoms with van der Waals surface area (Å²) >= 11 is 0. The smallest absolute Gasteiger partial charge is 0.223 e. The molecule has 0 saturated carbocycles. The Bertz CT molecular complexity index is 890. The predicted octanol–water partition coefficient (Wildman–Crippen LogP) is 3.03. The van der Waals surface area contributed by atoms with Gasteiger partial charge in [-0.1, -0.05) is 0 Å². The second-order valence-corrected chi connectivity index (χ2v) is 7.83. The van der Waals surface area contributed by atoms with Gasteiger partial charge in [-0.25, -0.2) is 0 Å². The first-order chi connectivity index (χ1) is 13.8. The van der Waals surface area contributed by atoms with Crippen LogP contribution in [0.15, 0.2) is 22.8 Å². The average molecular weight is 399 g/mol. The number of rotatable bonds is 7. The van der Waals surface area contributed by atoms with Crippen LogP contribution in [-0.2, 0) is 11.3 Å². The highest BCUT2D eigenvalue weighted by molar-refractivity contribution is 6.05. The number of likely N-dealkylation sites (tertiary alicyclic amines) is 1. The van der Waals surface area contributed by atoms with Gasteiger partial charge in [-0.05, 0) is 71.3 Å². The Morgan fingerprint density at radius 3 is 2.52 bits per heavy atom. The standard InChI is InChI=1S/C22H29N3O4/c1-13-19(16(4)26)14(2)24-20(13)21(27)15(3)25-9-7-17(8-10-25)22(28)23-12-18-6-5-11-29-18/h5-6,11,15,17,24H,7-10,12H2,1-4H3,(H,23,28). The van der Waals surface area contributed by atoms with E-state index in [0.29, 0.717) is 43.7 Å². The lowest BCUT2D eigenvalue weighted by Gasteiger charge is -2.34. The number of aryl methyl sites for hydroxylation is 1. The lowest BCUT2D eigenvalue weighted by Crippen LogP contribution is -2.46. The molecule has 2 aromatic rings. The molecule has 1 atom stereocenters. The molecular weight excluding hydrogens is 370 g/mol. The fraction of sp³-hybridized carbons (Fsp3) is 0.500.